The van der Waals surface area contributed by atoms with Crippen LogP contribution in [0.2, 0.25) is 10.6 Å². The zero-order chi connectivity index (χ0) is 34.0. The molecule has 1 unspecified atom stereocenters. The van der Waals surface area contributed by atoms with Gasteiger partial charge in [0.25, 0.3) is 0 Å². The van der Waals surface area contributed by atoms with Crippen LogP contribution in [0, 0.1) is 0 Å². The van der Waals surface area contributed by atoms with Crippen molar-refractivity contribution >= 4 is 55.8 Å². The topological polar surface area (TPSA) is 43.6 Å². The molecule has 7 aromatic carbocycles. The minimum absolute atomic E-state index is 0.0675. The van der Waals surface area contributed by atoms with E-state index in [9.17, 15) is 0 Å². The lowest BCUT2D eigenvalue weighted by Crippen LogP contribution is -2.22. The minimum atomic E-state index is -0.396. The highest BCUT2D eigenvalue weighted by molar-refractivity contribution is 6.31. The maximum Gasteiger partial charge on any atom is 0.227 e. The van der Waals surface area contributed by atoms with Gasteiger partial charge in [0.1, 0.15) is 0 Å². The third kappa shape index (κ3) is 3.89. The Bertz CT molecular complexity index is 2950. The first-order valence-corrected chi connectivity index (χ1v) is 17.8. The summed E-state index contributed by atoms with van der Waals surface area (Å²) in [5, 5.41) is 4.89. The summed E-state index contributed by atoms with van der Waals surface area (Å²) in [5.41, 5.74) is 15.4. The van der Waals surface area contributed by atoms with Crippen LogP contribution in [0.3, 0.4) is 0 Å². The van der Waals surface area contributed by atoms with E-state index >= 15 is 0 Å². The van der Waals surface area contributed by atoms with Crippen molar-refractivity contribution in [3.63, 3.8) is 0 Å². The molecule has 11 rings (SSSR count). The molecule has 3 heterocycles. The summed E-state index contributed by atoms with van der Waals surface area (Å²) < 4.78 is 2.51. The fourth-order valence-electron chi connectivity index (χ4n) is 8.89. The number of fused-ring (bicyclic) bond motifs is 7. The molecule has 0 radical (unpaired) electrons. The Labute approximate surface area is 303 Å². The fraction of sp³-hybridized carbons (Fsp3) is 0.0444. The highest BCUT2D eigenvalue weighted by Gasteiger charge is 2.45. The number of rotatable bonds is 3. The number of hydrogen-bond acceptors (Lipinski definition) is 3. The smallest absolute Gasteiger partial charge is 0.227 e. The van der Waals surface area contributed by atoms with E-state index in [4.69, 9.17) is 23.2 Å². The van der Waals surface area contributed by atoms with E-state index in [1.165, 1.54) is 66.4 Å². The standard InChI is InChI=1S/C45H26Cl2N4/c1-45(28-11-3-2-4-12-28)35-21-20-32-30-13-5-7-16-37(30)51-38-17-8-6-14-31(38)34-23-27(24-36(45)39(34)40(35)41(32)51)29-15-9-10-25-18-19-26(22-33(25)29)42-48-43(46)50-44(47)49-42/h2-24H,1H3. The molecule has 4 nitrogen and oxygen atoms in total. The molecule has 0 amide bonds. The maximum absolute atomic E-state index is 6.21. The molecule has 0 bridgehead atoms. The van der Waals surface area contributed by atoms with E-state index in [-0.39, 0.29) is 10.6 Å². The largest absolute Gasteiger partial charge is 0.308 e. The van der Waals surface area contributed by atoms with Crippen LogP contribution < -0.4 is 0 Å². The minimum Gasteiger partial charge on any atom is -0.308 e. The molecule has 1 aliphatic heterocycles. The summed E-state index contributed by atoms with van der Waals surface area (Å²) in [7, 11) is 0. The van der Waals surface area contributed by atoms with E-state index in [1.54, 1.807) is 0 Å². The Balaban J connectivity index is 1.28. The molecule has 240 valence electrons. The number of halogens is 2. The Hall–Kier alpha value is -5.81. The summed E-state index contributed by atoms with van der Waals surface area (Å²) in [6.45, 7) is 2.41. The number of para-hydroxylation sites is 2. The molecule has 0 saturated heterocycles. The van der Waals surface area contributed by atoms with Crippen molar-refractivity contribution in [1.29, 1.82) is 0 Å². The molecule has 9 aromatic rings. The third-order valence-electron chi connectivity index (χ3n) is 11.1. The second-order valence-electron chi connectivity index (χ2n) is 13.6. The predicted octanol–water partition coefficient (Wildman–Crippen LogP) is 12.1. The maximum atomic E-state index is 6.21. The van der Waals surface area contributed by atoms with Crippen LogP contribution >= 0.6 is 23.2 Å². The van der Waals surface area contributed by atoms with Crippen LogP contribution in [-0.2, 0) is 5.41 Å². The average molecular weight is 694 g/mol. The SMILES string of the molecule is CC1(c2ccccc2)c2cc(-c3cccc4ccc(-c5nc(Cl)nc(Cl)n5)cc34)cc3c2-c2c1ccc1c4ccccc4n(c21)-c1ccccc1-3. The highest BCUT2D eigenvalue weighted by atomic mass is 35.5. The molecule has 1 aliphatic carbocycles. The second-order valence-corrected chi connectivity index (χ2v) is 14.3. The van der Waals surface area contributed by atoms with Crippen LogP contribution in [0.4, 0.5) is 0 Å². The van der Waals surface area contributed by atoms with Gasteiger partial charge in [-0.05, 0) is 110 Å². The zero-order valence-electron chi connectivity index (χ0n) is 27.3. The lowest BCUT2D eigenvalue weighted by atomic mass is 9.73. The number of benzene rings is 7. The van der Waals surface area contributed by atoms with Crippen LogP contribution in [0.15, 0.2) is 140 Å². The first-order chi connectivity index (χ1) is 25.0. The Morgan fingerprint density at radius 3 is 2.16 bits per heavy atom. The highest BCUT2D eigenvalue weighted by Crippen LogP contribution is 2.61. The van der Waals surface area contributed by atoms with Crippen molar-refractivity contribution in [2.45, 2.75) is 12.3 Å². The summed E-state index contributed by atoms with van der Waals surface area (Å²) >= 11 is 12.4. The molecule has 1 atom stereocenters. The molecule has 2 aromatic heterocycles. The molecular formula is C45H26Cl2N4. The zero-order valence-corrected chi connectivity index (χ0v) is 28.8. The van der Waals surface area contributed by atoms with E-state index in [0.717, 1.165) is 27.5 Å². The quantitative estimate of drug-likeness (QED) is 0.185. The van der Waals surface area contributed by atoms with Crippen LogP contribution in [0.25, 0.3) is 83.0 Å². The average Bonchev–Trinajstić information content (AvgIpc) is 3.59. The Morgan fingerprint density at radius 1 is 0.529 bits per heavy atom. The molecule has 0 N–H and O–H groups in total. The fourth-order valence-corrected chi connectivity index (χ4v) is 9.26. The van der Waals surface area contributed by atoms with Gasteiger partial charge in [-0.2, -0.15) is 15.0 Å². The van der Waals surface area contributed by atoms with Crippen molar-refractivity contribution in [2.24, 2.45) is 0 Å². The van der Waals surface area contributed by atoms with Crippen molar-refractivity contribution in [1.82, 2.24) is 19.5 Å². The Morgan fingerprint density at radius 2 is 1.29 bits per heavy atom. The second kappa shape index (κ2) is 10.4. The van der Waals surface area contributed by atoms with Gasteiger partial charge in [-0.3, -0.25) is 0 Å². The van der Waals surface area contributed by atoms with Gasteiger partial charge >= 0.3 is 0 Å². The van der Waals surface area contributed by atoms with Gasteiger partial charge in [0.2, 0.25) is 10.6 Å². The van der Waals surface area contributed by atoms with Crippen LogP contribution in [-0.4, -0.2) is 19.5 Å². The number of hydrogen-bond donors (Lipinski definition) is 0. The molecule has 0 spiro atoms. The van der Waals surface area contributed by atoms with Gasteiger partial charge in [-0.15, -0.1) is 0 Å². The van der Waals surface area contributed by atoms with Gasteiger partial charge in [-0.1, -0.05) is 109 Å². The number of aromatic nitrogens is 4. The van der Waals surface area contributed by atoms with Crippen molar-refractivity contribution in [2.75, 3.05) is 0 Å². The molecule has 2 aliphatic rings. The van der Waals surface area contributed by atoms with Crippen molar-refractivity contribution < 1.29 is 0 Å². The van der Waals surface area contributed by atoms with E-state index in [0.29, 0.717) is 5.82 Å². The van der Waals surface area contributed by atoms with Gasteiger partial charge < -0.3 is 4.57 Å². The first-order valence-electron chi connectivity index (χ1n) is 17.0. The van der Waals surface area contributed by atoms with Crippen molar-refractivity contribution in [3.05, 3.63) is 167 Å². The Kier molecular flexibility index (Phi) is 5.89. The first kappa shape index (κ1) is 29.0. The molecule has 6 heteroatoms. The number of nitrogens with zero attached hydrogens (tertiary/aromatic N) is 4. The van der Waals surface area contributed by atoms with Gasteiger partial charge in [0.05, 0.1) is 16.7 Å². The molecule has 0 fully saturated rings. The summed E-state index contributed by atoms with van der Waals surface area (Å²) in [4.78, 5) is 12.7. The summed E-state index contributed by atoms with van der Waals surface area (Å²) in [5.74, 6) is 0.441. The lowest BCUT2D eigenvalue weighted by molar-refractivity contribution is 0.714. The van der Waals surface area contributed by atoms with E-state index < -0.39 is 5.41 Å². The normalized spacial score (nSPS) is 15.4. The molecular weight excluding hydrogens is 667 g/mol. The molecule has 0 saturated carbocycles. The third-order valence-corrected chi connectivity index (χ3v) is 11.5. The van der Waals surface area contributed by atoms with E-state index in [2.05, 4.69) is 160 Å². The van der Waals surface area contributed by atoms with E-state index in [1.807, 2.05) is 6.07 Å². The predicted molar refractivity (Wildman–Crippen MR) is 209 cm³/mol. The summed E-state index contributed by atoms with van der Waals surface area (Å²) in [6.07, 6.45) is 0. The lowest BCUT2D eigenvalue weighted by Gasteiger charge is -2.29. The van der Waals surface area contributed by atoms with Gasteiger partial charge in [0, 0.05) is 32.9 Å². The summed E-state index contributed by atoms with van der Waals surface area (Å²) in [6, 6.07) is 51.0. The van der Waals surface area contributed by atoms with Crippen LogP contribution in [0.1, 0.15) is 23.6 Å². The van der Waals surface area contributed by atoms with Crippen molar-refractivity contribution in [3.8, 4) is 50.5 Å². The molecule has 51 heavy (non-hydrogen) atoms. The van der Waals surface area contributed by atoms with Gasteiger partial charge in [-0.25, -0.2) is 0 Å². The van der Waals surface area contributed by atoms with Gasteiger partial charge in [0.15, 0.2) is 5.82 Å². The van der Waals surface area contributed by atoms with Crippen LogP contribution in [0.5, 0.6) is 0 Å². The monoisotopic (exact) mass is 692 g/mol.